The molecule has 5 rings (SSSR count). The van der Waals surface area contributed by atoms with Gasteiger partial charge >= 0.3 is 0 Å². The Labute approximate surface area is 184 Å². The minimum absolute atomic E-state index is 0.221. The number of hydrogen-bond acceptors (Lipinski definition) is 7. The van der Waals surface area contributed by atoms with Gasteiger partial charge in [-0.05, 0) is 38.0 Å². The lowest BCUT2D eigenvalue weighted by Crippen LogP contribution is -2.36. The second-order valence-corrected chi connectivity index (χ2v) is 8.57. The van der Waals surface area contributed by atoms with Gasteiger partial charge in [0.15, 0.2) is 5.82 Å². The van der Waals surface area contributed by atoms with E-state index in [-0.39, 0.29) is 17.7 Å². The first kappa shape index (κ1) is 21.0. The van der Waals surface area contributed by atoms with E-state index in [0.29, 0.717) is 17.4 Å². The predicted octanol–water partition coefficient (Wildman–Crippen LogP) is 3.57. The smallest absolute Gasteiger partial charge is 0.295 e. The second kappa shape index (κ2) is 7.90. The van der Waals surface area contributed by atoms with Crippen LogP contribution >= 0.6 is 0 Å². The van der Waals surface area contributed by atoms with Gasteiger partial charge in [0.25, 0.3) is 5.92 Å². The Bertz CT molecular complexity index is 1160. The summed E-state index contributed by atoms with van der Waals surface area (Å²) in [7, 11) is 0. The number of morpholine rings is 1. The molecular formula is C23H25F2N5O2. The monoisotopic (exact) mass is 441 g/mol. The number of fused-ring (bicyclic) bond motifs is 3. The summed E-state index contributed by atoms with van der Waals surface area (Å²) in [5, 5.41) is 21.7. The van der Waals surface area contributed by atoms with Gasteiger partial charge in [0.05, 0.1) is 47.9 Å². The molecule has 7 nitrogen and oxygen atoms in total. The van der Waals surface area contributed by atoms with Gasteiger partial charge in [-0.3, -0.25) is 4.98 Å². The number of aryl methyl sites for hydroxylation is 1. The Kier molecular flexibility index (Phi) is 5.17. The van der Waals surface area contributed by atoms with Crippen molar-refractivity contribution >= 4 is 22.4 Å². The molecule has 2 aliphatic rings. The zero-order valence-corrected chi connectivity index (χ0v) is 17.9. The van der Waals surface area contributed by atoms with E-state index in [1.54, 1.807) is 12.1 Å². The fourth-order valence-corrected chi connectivity index (χ4v) is 4.54. The van der Waals surface area contributed by atoms with Crippen LogP contribution in [0.15, 0.2) is 36.5 Å². The fraction of sp³-hybridized carbons (Fsp3) is 0.435. The number of alkyl halides is 2. The zero-order valence-electron chi connectivity index (χ0n) is 17.9. The largest absolute Gasteiger partial charge is 0.390 e. The molecule has 2 N–H and O–H groups in total. The molecule has 3 atom stereocenters. The SMILES string of the molecule is Cc1nnc(N[C@H](C)c2cccc(C(F)(F)CO)c2)c2cc(N3CC4CC3CO4)cnc12. The summed E-state index contributed by atoms with van der Waals surface area (Å²) in [6.07, 6.45) is 3.17. The molecule has 168 valence electrons. The average molecular weight is 441 g/mol. The number of anilines is 2. The molecule has 32 heavy (non-hydrogen) atoms. The van der Waals surface area contributed by atoms with E-state index >= 15 is 0 Å². The van der Waals surface area contributed by atoms with Gasteiger partial charge in [0, 0.05) is 17.5 Å². The van der Waals surface area contributed by atoms with E-state index in [9.17, 15) is 8.78 Å². The molecule has 9 heteroatoms. The first-order valence-electron chi connectivity index (χ1n) is 10.7. The molecule has 2 bridgehead atoms. The molecule has 2 aliphatic heterocycles. The van der Waals surface area contributed by atoms with E-state index < -0.39 is 12.5 Å². The first-order chi connectivity index (χ1) is 15.4. The van der Waals surface area contributed by atoms with E-state index in [0.717, 1.165) is 41.9 Å². The van der Waals surface area contributed by atoms with Crippen molar-refractivity contribution in [1.29, 1.82) is 0 Å². The number of benzene rings is 1. The minimum atomic E-state index is -3.29. The van der Waals surface area contributed by atoms with Crippen LogP contribution in [-0.4, -0.2) is 52.2 Å². The third kappa shape index (κ3) is 3.65. The van der Waals surface area contributed by atoms with Gasteiger partial charge in [0.2, 0.25) is 0 Å². The number of nitrogens with one attached hydrogen (secondary N) is 1. The highest BCUT2D eigenvalue weighted by Gasteiger charge is 2.39. The summed E-state index contributed by atoms with van der Waals surface area (Å²) in [5.41, 5.74) is 2.92. The maximum absolute atomic E-state index is 13.9. The van der Waals surface area contributed by atoms with Gasteiger partial charge in [0.1, 0.15) is 6.61 Å². The van der Waals surface area contributed by atoms with Crippen molar-refractivity contribution < 1.29 is 18.6 Å². The summed E-state index contributed by atoms with van der Waals surface area (Å²) in [6, 6.07) is 8.17. The molecule has 0 aliphatic carbocycles. The Hall–Kier alpha value is -2.91. The van der Waals surface area contributed by atoms with Crippen LogP contribution in [0.2, 0.25) is 0 Å². The number of aromatic nitrogens is 3. The van der Waals surface area contributed by atoms with Crippen molar-refractivity contribution in [3.05, 3.63) is 53.3 Å². The van der Waals surface area contributed by atoms with Gasteiger partial charge in [-0.2, -0.15) is 13.9 Å². The number of nitrogens with zero attached hydrogens (tertiary/aromatic N) is 4. The third-order valence-electron chi connectivity index (χ3n) is 6.36. The number of aliphatic hydroxyl groups is 1. The average Bonchev–Trinajstić information content (AvgIpc) is 3.45. The molecule has 2 fully saturated rings. The van der Waals surface area contributed by atoms with Crippen LogP contribution in [0.25, 0.3) is 10.9 Å². The molecule has 0 saturated carbocycles. The lowest BCUT2D eigenvalue weighted by atomic mass is 10.0. The quantitative estimate of drug-likeness (QED) is 0.605. The topological polar surface area (TPSA) is 83.4 Å². The summed E-state index contributed by atoms with van der Waals surface area (Å²) < 4.78 is 33.6. The van der Waals surface area contributed by atoms with Crippen LogP contribution < -0.4 is 10.2 Å². The van der Waals surface area contributed by atoms with Crippen LogP contribution in [0, 0.1) is 6.92 Å². The predicted molar refractivity (Wildman–Crippen MR) is 117 cm³/mol. The summed E-state index contributed by atoms with van der Waals surface area (Å²) >= 11 is 0. The normalized spacial score (nSPS) is 21.3. The Morgan fingerprint density at radius 3 is 2.88 bits per heavy atom. The maximum Gasteiger partial charge on any atom is 0.295 e. The van der Waals surface area contributed by atoms with Gasteiger partial charge in [-0.1, -0.05) is 18.2 Å². The van der Waals surface area contributed by atoms with Crippen molar-refractivity contribution in [1.82, 2.24) is 15.2 Å². The van der Waals surface area contributed by atoms with E-state index in [1.165, 1.54) is 12.1 Å². The highest BCUT2D eigenvalue weighted by molar-refractivity contribution is 5.92. The molecule has 3 aromatic rings. The lowest BCUT2D eigenvalue weighted by Gasteiger charge is -2.29. The Morgan fingerprint density at radius 1 is 1.31 bits per heavy atom. The molecule has 4 heterocycles. The number of pyridine rings is 1. The van der Waals surface area contributed by atoms with Gasteiger partial charge in [-0.25, -0.2) is 0 Å². The fourth-order valence-electron chi connectivity index (χ4n) is 4.54. The minimum Gasteiger partial charge on any atom is -0.390 e. The summed E-state index contributed by atoms with van der Waals surface area (Å²) in [4.78, 5) is 6.98. The standard InChI is InChI=1S/C23H25F2N5O2/c1-13(15-4-3-5-16(6-15)23(24,25)12-31)27-22-20-8-17(9-26-21(20)14(2)28-29-22)30-10-19-7-18(30)11-32-19/h3-6,8-9,13,18-19,31H,7,10-12H2,1-2H3,(H,27,29)/t13-,18?,19?/m1/s1. The number of aliphatic hydroxyl groups excluding tert-OH is 1. The second-order valence-electron chi connectivity index (χ2n) is 8.57. The summed E-state index contributed by atoms with van der Waals surface area (Å²) in [6.45, 7) is 4.08. The van der Waals surface area contributed by atoms with Crippen molar-refractivity contribution in [2.45, 2.75) is 44.4 Å². The van der Waals surface area contributed by atoms with E-state index in [1.807, 2.05) is 20.0 Å². The van der Waals surface area contributed by atoms with E-state index in [2.05, 4.69) is 31.5 Å². The molecule has 2 saturated heterocycles. The number of ether oxygens (including phenoxy) is 1. The number of rotatable bonds is 6. The number of halogens is 2. The highest BCUT2D eigenvalue weighted by atomic mass is 19.3. The van der Waals surface area contributed by atoms with Crippen LogP contribution in [-0.2, 0) is 10.7 Å². The molecule has 2 aromatic heterocycles. The van der Waals surface area contributed by atoms with E-state index in [4.69, 9.17) is 9.84 Å². The van der Waals surface area contributed by atoms with Crippen LogP contribution in [0.1, 0.15) is 36.2 Å². The van der Waals surface area contributed by atoms with Gasteiger partial charge in [-0.15, -0.1) is 5.10 Å². The number of hydrogen-bond donors (Lipinski definition) is 2. The maximum atomic E-state index is 13.9. The zero-order chi connectivity index (χ0) is 22.5. The lowest BCUT2D eigenvalue weighted by molar-refractivity contribution is -0.0556. The van der Waals surface area contributed by atoms with Crippen molar-refractivity contribution in [2.24, 2.45) is 0 Å². The molecule has 2 unspecified atom stereocenters. The van der Waals surface area contributed by atoms with Gasteiger partial charge < -0.3 is 20.1 Å². The van der Waals surface area contributed by atoms with Crippen LogP contribution in [0.3, 0.4) is 0 Å². The Morgan fingerprint density at radius 2 is 2.16 bits per heavy atom. The van der Waals surface area contributed by atoms with Crippen LogP contribution in [0.4, 0.5) is 20.3 Å². The molecule has 0 radical (unpaired) electrons. The molecule has 0 spiro atoms. The summed E-state index contributed by atoms with van der Waals surface area (Å²) in [5.74, 6) is -2.74. The first-order valence-corrected chi connectivity index (χ1v) is 10.7. The highest BCUT2D eigenvalue weighted by Crippen LogP contribution is 2.35. The molecule has 1 aromatic carbocycles. The Balaban J connectivity index is 1.47. The van der Waals surface area contributed by atoms with Crippen LogP contribution in [0.5, 0.6) is 0 Å². The van der Waals surface area contributed by atoms with Crippen molar-refractivity contribution in [2.75, 3.05) is 30.0 Å². The van der Waals surface area contributed by atoms with Crippen molar-refractivity contribution in [3.8, 4) is 0 Å². The molecule has 0 amide bonds. The molecular weight excluding hydrogens is 416 g/mol. The van der Waals surface area contributed by atoms with Crippen molar-refractivity contribution in [3.63, 3.8) is 0 Å². The third-order valence-corrected chi connectivity index (χ3v) is 6.36.